The van der Waals surface area contributed by atoms with E-state index in [1.54, 1.807) is 0 Å². The number of ether oxygens (including phenoxy) is 4. The van der Waals surface area contributed by atoms with Crippen LogP contribution < -0.4 is 5.32 Å². The molecule has 12 unspecified atom stereocenters. The van der Waals surface area contributed by atoms with Crippen LogP contribution in [0.3, 0.4) is 0 Å². The summed E-state index contributed by atoms with van der Waals surface area (Å²) in [5.41, 5.74) is 0. The highest BCUT2D eigenvalue weighted by Crippen LogP contribution is 2.30. The van der Waals surface area contributed by atoms with Gasteiger partial charge in [-0.1, -0.05) is 113 Å². The van der Waals surface area contributed by atoms with Crippen LogP contribution in [0.25, 0.3) is 0 Å². The summed E-state index contributed by atoms with van der Waals surface area (Å²) in [4.78, 5) is 13.0. The average molecular weight is 812 g/mol. The third-order valence-corrected chi connectivity index (χ3v) is 10.00. The van der Waals surface area contributed by atoms with Gasteiger partial charge in [0.1, 0.15) is 48.8 Å². The SMILES string of the molecule is CC/C=C\C/C=C\C/C=C\C/C=C\C/C=C\CCCC(=O)NC(COC1OC(CO)C(OC2OC(CO)C(O)C(O)C2O)C(O)C1O)C(O)CCCCCCCC. The van der Waals surface area contributed by atoms with Gasteiger partial charge in [0.05, 0.1) is 32.0 Å². The molecule has 328 valence electrons. The molecule has 0 radical (unpaired) electrons. The first-order valence-electron chi connectivity index (χ1n) is 21.0. The fourth-order valence-corrected chi connectivity index (χ4v) is 6.50. The number of amides is 1. The largest absolute Gasteiger partial charge is 0.394 e. The van der Waals surface area contributed by atoms with E-state index in [9.17, 15) is 45.6 Å². The highest BCUT2D eigenvalue weighted by Gasteiger charge is 2.50. The molecule has 0 aromatic rings. The van der Waals surface area contributed by atoms with Crippen molar-refractivity contribution < 1.29 is 64.6 Å². The van der Waals surface area contributed by atoms with Crippen LogP contribution in [-0.4, -0.2) is 140 Å². The summed E-state index contributed by atoms with van der Waals surface area (Å²) in [7, 11) is 0. The van der Waals surface area contributed by atoms with Crippen LogP contribution in [0.15, 0.2) is 60.8 Å². The Kier molecular flexibility index (Phi) is 27.4. The number of hydrogen-bond acceptors (Lipinski definition) is 13. The number of rotatable bonds is 29. The van der Waals surface area contributed by atoms with Crippen molar-refractivity contribution in [1.29, 1.82) is 0 Å². The van der Waals surface area contributed by atoms with Gasteiger partial charge in [0, 0.05) is 6.42 Å². The molecule has 1 amide bonds. The molecule has 0 saturated carbocycles. The van der Waals surface area contributed by atoms with E-state index in [0.29, 0.717) is 19.3 Å². The minimum atomic E-state index is -1.79. The van der Waals surface area contributed by atoms with Gasteiger partial charge in [-0.2, -0.15) is 0 Å². The second-order valence-electron chi connectivity index (χ2n) is 14.7. The van der Waals surface area contributed by atoms with Gasteiger partial charge in [-0.15, -0.1) is 0 Å². The van der Waals surface area contributed by atoms with Gasteiger partial charge < -0.3 is 65.1 Å². The first-order valence-corrected chi connectivity index (χ1v) is 21.0. The molecule has 2 aliphatic rings. The summed E-state index contributed by atoms with van der Waals surface area (Å²) in [6.07, 6.45) is 17.1. The van der Waals surface area contributed by atoms with Gasteiger partial charge in [-0.3, -0.25) is 4.79 Å². The molecule has 0 aromatic heterocycles. The van der Waals surface area contributed by atoms with E-state index in [1.165, 1.54) is 0 Å². The number of nitrogens with one attached hydrogen (secondary N) is 1. The van der Waals surface area contributed by atoms with E-state index in [-0.39, 0.29) is 18.9 Å². The van der Waals surface area contributed by atoms with E-state index in [1.807, 2.05) is 6.08 Å². The van der Waals surface area contributed by atoms with Crippen LogP contribution in [0.2, 0.25) is 0 Å². The van der Waals surface area contributed by atoms with Crippen LogP contribution >= 0.6 is 0 Å². The van der Waals surface area contributed by atoms with Crippen molar-refractivity contribution in [2.24, 2.45) is 0 Å². The number of hydrogen-bond donors (Lipinski definition) is 9. The fourth-order valence-electron chi connectivity index (χ4n) is 6.50. The molecular formula is C43H73NO13. The maximum atomic E-state index is 13.0. The van der Waals surface area contributed by atoms with Crippen molar-refractivity contribution in [3.05, 3.63) is 60.8 Å². The third-order valence-electron chi connectivity index (χ3n) is 10.00. The Hall–Kier alpha value is -2.31. The van der Waals surface area contributed by atoms with Crippen LogP contribution in [0.1, 0.15) is 110 Å². The van der Waals surface area contributed by atoms with Crippen molar-refractivity contribution in [3.8, 4) is 0 Å². The van der Waals surface area contributed by atoms with Crippen molar-refractivity contribution >= 4 is 5.91 Å². The molecule has 2 rings (SSSR count). The molecule has 2 saturated heterocycles. The zero-order chi connectivity index (χ0) is 41.8. The minimum absolute atomic E-state index is 0.222. The first kappa shape index (κ1) is 50.8. The minimum Gasteiger partial charge on any atom is -0.394 e. The molecule has 2 aliphatic heterocycles. The number of aliphatic hydroxyl groups is 8. The summed E-state index contributed by atoms with van der Waals surface area (Å²) < 4.78 is 22.5. The van der Waals surface area contributed by atoms with Crippen molar-refractivity contribution in [2.45, 2.75) is 184 Å². The lowest BCUT2D eigenvalue weighted by Gasteiger charge is -2.46. The van der Waals surface area contributed by atoms with Crippen LogP contribution in [-0.2, 0) is 23.7 Å². The highest BCUT2D eigenvalue weighted by molar-refractivity contribution is 5.76. The molecule has 0 bridgehead atoms. The first-order chi connectivity index (χ1) is 27.6. The molecule has 0 aliphatic carbocycles. The Bertz CT molecular complexity index is 1190. The third kappa shape index (κ3) is 19.5. The molecule has 14 nitrogen and oxygen atoms in total. The molecule has 2 heterocycles. The number of carbonyl (C=O) groups is 1. The topological polar surface area (TPSA) is 228 Å². The number of unbranched alkanes of at least 4 members (excludes halogenated alkanes) is 6. The Morgan fingerprint density at radius 3 is 1.79 bits per heavy atom. The Balaban J connectivity index is 1.88. The second-order valence-corrected chi connectivity index (χ2v) is 14.7. The molecule has 14 heteroatoms. The Labute approximate surface area is 339 Å². The summed E-state index contributed by atoms with van der Waals surface area (Å²) in [6, 6.07) is -0.856. The van der Waals surface area contributed by atoms with Gasteiger partial charge in [-0.25, -0.2) is 0 Å². The van der Waals surface area contributed by atoms with Crippen molar-refractivity contribution in [3.63, 3.8) is 0 Å². The highest BCUT2D eigenvalue weighted by atomic mass is 16.7. The second kappa shape index (κ2) is 30.7. The summed E-state index contributed by atoms with van der Waals surface area (Å²) in [5.74, 6) is -0.274. The standard InChI is InChI=1S/C43H73NO13/c1-3-5-7-9-11-12-13-14-15-16-17-18-19-20-21-23-25-27-35(48)44-31(32(47)26-24-22-10-8-6-4-2)30-54-42-40(53)38(51)41(34(29-46)56-42)57-43-39(52)37(50)36(49)33(28-45)55-43/h5,7,11-12,14-15,17-18,20-21,31-34,36-43,45-47,49-53H,3-4,6,8-10,13,16,19,22-30H2,1-2H3,(H,44,48)/b7-5-,12-11-,15-14-,18-17-,21-20-. The van der Waals surface area contributed by atoms with Crippen molar-refractivity contribution in [2.75, 3.05) is 19.8 Å². The fraction of sp³-hybridized carbons (Fsp3) is 0.744. The van der Waals surface area contributed by atoms with Crippen LogP contribution in [0.4, 0.5) is 0 Å². The van der Waals surface area contributed by atoms with E-state index >= 15 is 0 Å². The van der Waals surface area contributed by atoms with Crippen LogP contribution in [0, 0.1) is 0 Å². The molecule has 9 N–H and O–H groups in total. The van der Waals surface area contributed by atoms with Crippen molar-refractivity contribution in [1.82, 2.24) is 5.32 Å². The normalized spacial score (nSPS) is 29.7. The Morgan fingerprint density at radius 2 is 1.19 bits per heavy atom. The van der Waals surface area contributed by atoms with Crippen LogP contribution in [0.5, 0.6) is 0 Å². The van der Waals surface area contributed by atoms with Gasteiger partial charge >= 0.3 is 0 Å². The molecule has 57 heavy (non-hydrogen) atoms. The van der Waals surface area contributed by atoms with E-state index in [0.717, 1.165) is 70.6 Å². The van der Waals surface area contributed by atoms with E-state index in [4.69, 9.17) is 18.9 Å². The zero-order valence-corrected chi connectivity index (χ0v) is 34.0. The number of aliphatic hydroxyl groups excluding tert-OH is 8. The van der Waals surface area contributed by atoms with Gasteiger partial charge in [0.2, 0.25) is 5.91 Å². The number of allylic oxidation sites excluding steroid dienone is 10. The maximum absolute atomic E-state index is 13.0. The lowest BCUT2D eigenvalue weighted by atomic mass is 9.97. The zero-order valence-electron chi connectivity index (χ0n) is 34.0. The monoisotopic (exact) mass is 812 g/mol. The molecular weight excluding hydrogens is 738 g/mol. The summed E-state index contributed by atoms with van der Waals surface area (Å²) >= 11 is 0. The molecule has 0 spiro atoms. The maximum Gasteiger partial charge on any atom is 0.220 e. The number of carbonyl (C=O) groups excluding carboxylic acids is 1. The van der Waals surface area contributed by atoms with Gasteiger partial charge in [0.15, 0.2) is 12.6 Å². The lowest BCUT2D eigenvalue weighted by Crippen LogP contribution is -2.65. The summed E-state index contributed by atoms with van der Waals surface area (Å²) in [6.45, 7) is 2.57. The quantitative estimate of drug-likeness (QED) is 0.0392. The molecule has 0 aromatic carbocycles. The van der Waals surface area contributed by atoms with Gasteiger partial charge in [0.25, 0.3) is 0 Å². The lowest BCUT2D eigenvalue weighted by molar-refractivity contribution is -0.359. The molecule has 12 atom stereocenters. The van der Waals surface area contributed by atoms with Gasteiger partial charge in [-0.05, 0) is 51.4 Å². The van der Waals surface area contributed by atoms with E-state index in [2.05, 4.69) is 73.8 Å². The Morgan fingerprint density at radius 1 is 0.649 bits per heavy atom. The predicted molar refractivity (Wildman–Crippen MR) is 217 cm³/mol. The predicted octanol–water partition coefficient (Wildman–Crippen LogP) is 3.15. The van der Waals surface area contributed by atoms with E-state index < -0.39 is 86.8 Å². The average Bonchev–Trinajstić information content (AvgIpc) is 3.21. The molecule has 2 fully saturated rings. The smallest absolute Gasteiger partial charge is 0.220 e. The summed E-state index contributed by atoms with van der Waals surface area (Å²) in [5, 5.41) is 86.1.